The summed E-state index contributed by atoms with van der Waals surface area (Å²) in [5, 5.41) is 17.2. The predicted octanol–water partition coefficient (Wildman–Crippen LogP) is 2.72. The van der Waals surface area contributed by atoms with E-state index in [0.29, 0.717) is 0 Å². The fourth-order valence-corrected chi connectivity index (χ4v) is 1.94. The van der Waals surface area contributed by atoms with Crippen LogP contribution in [-0.2, 0) is 6.54 Å². The van der Waals surface area contributed by atoms with Crippen molar-refractivity contribution in [1.82, 2.24) is 20.4 Å². The second-order valence-electron chi connectivity index (χ2n) is 4.42. The maximum atomic E-state index is 4.01. The number of aromatic amines is 2. The van der Waals surface area contributed by atoms with Crippen LogP contribution < -0.4 is 5.32 Å². The second-order valence-corrected chi connectivity index (χ2v) is 4.42. The smallest absolute Gasteiger partial charge is 0.0650 e. The molecule has 0 unspecified atom stereocenters. The largest absolute Gasteiger partial charge is 0.381 e. The summed E-state index contributed by atoms with van der Waals surface area (Å²) in [4.78, 5) is 0. The third-order valence-corrected chi connectivity index (χ3v) is 3.11. The number of anilines is 1. The van der Waals surface area contributed by atoms with Crippen molar-refractivity contribution in [2.45, 2.75) is 13.5 Å². The number of hydrogen-bond donors (Lipinski definition) is 3. The number of aryl methyl sites for hydroxylation is 1. The summed E-state index contributed by atoms with van der Waals surface area (Å²) in [7, 11) is 0. The van der Waals surface area contributed by atoms with E-state index < -0.39 is 0 Å². The number of nitrogens with one attached hydrogen (secondary N) is 3. The van der Waals surface area contributed by atoms with E-state index in [1.54, 1.807) is 6.20 Å². The summed E-state index contributed by atoms with van der Waals surface area (Å²) < 4.78 is 0. The Morgan fingerprint density at radius 3 is 2.53 bits per heavy atom. The number of H-pyrrole nitrogens is 2. The zero-order chi connectivity index (χ0) is 13.1. The van der Waals surface area contributed by atoms with Gasteiger partial charge in [-0.25, -0.2) is 0 Å². The molecule has 0 saturated heterocycles. The van der Waals surface area contributed by atoms with Gasteiger partial charge in [0, 0.05) is 29.7 Å². The molecular formula is C14H15N5. The van der Waals surface area contributed by atoms with Gasteiger partial charge in [0.25, 0.3) is 0 Å². The second kappa shape index (κ2) is 4.97. The molecule has 3 rings (SSSR count). The average molecular weight is 253 g/mol. The molecule has 0 amide bonds. The van der Waals surface area contributed by atoms with Crippen LogP contribution in [0.25, 0.3) is 11.3 Å². The minimum absolute atomic E-state index is 0.770. The minimum Gasteiger partial charge on any atom is -0.381 e. The molecule has 0 atom stereocenters. The Morgan fingerprint density at radius 1 is 1.05 bits per heavy atom. The minimum atomic E-state index is 0.770. The highest BCUT2D eigenvalue weighted by atomic mass is 15.1. The van der Waals surface area contributed by atoms with Crippen LogP contribution in [0.15, 0.2) is 42.7 Å². The standard InChI is InChI=1S/C14H15N5/c1-10-12(9-17-18-10)8-15-13-4-2-11(3-5-13)14-6-7-16-19-14/h2-7,9,15H,8H2,1H3,(H,16,19)(H,17,18). The van der Waals surface area contributed by atoms with E-state index in [4.69, 9.17) is 0 Å². The molecule has 3 aromatic rings. The molecule has 3 N–H and O–H groups in total. The SMILES string of the molecule is Cc1[nH]ncc1CNc1ccc(-c2ccn[nH]2)cc1. The molecule has 0 aliphatic carbocycles. The van der Waals surface area contributed by atoms with Crippen LogP contribution in [-0.4, -0.2) is 20.4 Å². The maximum absolute atomic E-state index is 4.01. The number of benzene rings is 1. The van der Waals surface area contributed by atoms with Gasteiger partial charge in [-0.1, -0.05) is 12.1 Å². The Balaban J connectivity index is 1.68. The Hall–Kier alpha value is -2.56. The molecule has 2 heterocycles. The lowest BCUT2D eigenvalue weighted by molar-refractivity contribution is 1.04. The fourth-order valence-electron chi connectivity index (χ4n) is 1.94. The van der Waals surface area contributed by atoms with E-state index in [1.165, 1.54) is 5.56 Å². The van der Waals surface area contributed by atoms with Crippen LogP contribution in [0.2, 0.25) is 0 Å². The van der Waals surface area contributed by atoms with Gasteiger partial charge in [-0.05, 0) is 30.7 Å². The van der Waals surface area contributed by atoms with Crippen molar-refractivity contribution in [3.05, 3.63) is 54.0 Å². The lowest BCUT2D eigenvalue weighted by atomic mass is 10.1. The first-order valence-corrected chi connectivity index (χ1v) is 6.15. The zero-order valence-corrected chi connectivity index (χ0v) is 10.6. The molecule has 96 valence electrons. The maximum Gasteiger partial charge on any atom is 0.0650 e. The first-order chi connectivity index (χ1) is 9.33. The molecule has 0 radical (unpaired) electrons. The summed E-state index contributed by atoms with van der Waals surface area (Å²) in [6.07, 6.45) is 3.60. The summed E-state index contributed by atoms with van der Waals surface area (Å²) in [6.45, 7) is 2.79. The molecule has 5 nitrogen and oxygen atoms in total. The van der Waals surface area contributed by atoms with Crippen molar-refractivity contribution in [2.24, 2.45) is 0 Å². The fraction of sp³-hybridized carbons (Fsp3) is 0.143. The van der Waals surface area contributed by atoms with Crippen LogP contribution in [0.5, 0.6) is 0 Å². The van der Waals surface area contributed by atoms with Gasteiger partial charge in [0.1, 0.15) is 0 Å². The first-order valence-electron chi connectivity index (χ1n) is 6.15. The molecular weight excluding hydrogens is 238 g/mol. The third-order valence-electron chi connectivity index (χ3n) is 3.11. The van der Waals surface area contributed by atoms with Gasteiger partial charge in [-0.3, -0.25) is 10.2 Å². The molecule has 0 fully saturated rings. The van der Waals surface area contributed by atoms with Gasteiger partial charge in [0.2, 0.25) is 0 Å². The van der Waals surface area contributed by atoms with Crippen LogP contribution >= 0.6 is 0 Å². The van der Waals surface area contributed by atoms with Crippen LogP contribution in [0.4, 0.5) is 5.69 Å². The number of aromatic nitrogens is 4. The average Bonchev–Trinajstić information content (AvgIpc) is 3.09. The Bertz CT molecular complexity index is 637. The summed E-state index contributed by atoms with van der Waals surface area (Å²) >= 11 is 0. The number of hydrogen-bond acceptors (Lipinski definition) is 3. The van der Waals surface area contributed by atoms with Crippen molar-refractivity contribution in [1.29, 1.82) is 0 Å². The summed E-state index contributed by atoms with van der Waals surface area (Å²) in [5.41, 5.74) is 5.52. The van der Waals surface area contributed by atoms with Gasteiger partial charge >= 0.3 is 0 Å². The van der Waals surface area contributed by atoms with Crippen LogP contribution in [0.1, 0.15) is 11.3 Å². The van der Waals surface area contributed by atoms with Crippen molar-refractivity contribution in [3.8, 4) is 11.3 Å². The number of rotatable bonds is 4. The summed E-state index contributed by atoms with van der Waals surface area (Å²) in [5.74, 6) is 0. The zero-order valence-electron chi connectivity index (χ0n) is 10.6. The quantitative estimate of drug-likeness (QED) is 0.669. The lowest BCUT2D eigenvalue weighted by Gasteiger charge is -2.06. The molecule has 0 aliphatic heterocycles. The van der Waals surface area contributed by atoms with Crippen molar-refractivity contribution in [2.75, 3.05) is 5.32 Å². The Kier molecular flexibility index (Phi) is 3.02. The highest BCUT2D eigenvalue weighted by molar-refractivity contribution is 5.62. The van der Waals surface area contributed by atoms with Gasteiger partial charge in [-0.2, -0.15) is 10.2 Å². The van der Waals surface area contributed by atoms with Crippen LogP contribution in [0, 0.1) is 6.92 Å². The van der Waals surface area contributed by atoms with E-state index in [9.17, 15) is 0 Å². The van der Waals surface area contributed by atoms with Gasteiger partial charge in [-0.15, -0.1) is 0 Å². The van der Waals surface area contributed by atoms with Gasteiger partial charge < -0.3 is 5.32 Å². The van der Waals surface area contributed by atoms with Crippen molar-refractivity contribution >= 4 is 5.69 Å². The highest BCUT2D eigenvalue weighted by Crippen LogP contribution is 2.19. The molecule has 0 saturated carbocycles. The summed E-state index contributed by atoms with van der Waals surface area (Å²) in [6, 6.07) is 10.2. The van der Waals surface area contributed by atoms with Crippen LogP contribution in [0.3, 0.4) is 0 Å². The monoisotopic (exact) mass is 253 g/mol. The number of nitrogens with zero attached hydrogens (tertiary/aromatic N) is 2. The Labute approximate surface area is 111 Å². The molecule has 0 aliphatic rings. The molecule has 19 heavy (non-hydrogen) atoms. The molecule has 2 aromatic heterocycles. The van der Waals surface area contributed by atoms with Crippen molar-refractivity contribution < 1.29 is 0 Å². The normalized spacial score (nSPS) is 10.6. The lowest BCUT2D eigenvalue weighted by Crippen LogP contribution is -1.99. The first kappa shape index (κ1) is 11.5. The molecule has 0 bridgehead atoms. The topological polar surface area (TPSA) is 69.4 Å². The van der Waals surface area contributed by atoms with Crippen molar-refractivity contribution in [3.63, 3.8) is 0 Å². The highest BCUT2D eigenvalue weighted by Gasteiger charge is 2.01. The van der Waals surface area contributed by atoms with E-state index in [-0.39, 0.29) is 0 Å². The van der Waals surface area contributed by atoms with E-state index in [2.05, 4.69) is 50.0 Å². The Morgan fingerprint density at radius 2 is 1.89 bits per heavy atom. The predicted molar refractivity (Wildman–Crippen MR) is 74.7 cm³/mol. The van der Waals surface area contributed by atoms with E-state index in [1.807, 2.05) is 19.2 Å². The molecule has 5 heteroatoms. The molecule has 1 aromatic carbocycles. The molecule has 0 spiro atoms. The van der Waals surface area contributed by atoms with E-state index >= 15 is 0 Å². The van der Waals surface area contributed by atoms with Gasteiger partial charge in [0.05, 0.1) is 11.9 Å². The third kappa shape index (κ3) is 2.49. The van der Waals surface area contributed by atoms with Gasteiger partial charge in [0.15, 0.2) is 0 Å². The van der Waals surface area contributed by atoms with E-state index in [0.717, 1.165) is 29.2 Å².